The van der Waals surface area contributed by atoms with Crippen molar-refractivity contribution in [2.24, 2.45) is 5.92 Å². The van der Waals surface area contributed by atoms with Crippen molar-refractivity contribution in [2.75, 3.05) is 6.54 Å². The largest absolute Gasteiger partial charge is 0.391 e. The second kappa shape index (κ2) is 6.77. The highest BCUT2D eigenvalue weighted by molar-refractivity contribution is 5.26. The molecular formula is C16H21F4N. The van der Waals surface area contributed by atoms with E-state index in [-0.39, 0.29) is 24.7 Å². The summed E-state index contributed by atoms with van der Waals surface area (Å²) in [5, 5.41) is 3.32. The van der Waals surface area contributed by atoms with Crippen LogP contribution in [0.5, 0.6) is 0 Å². The molecular weight excluding hydrogens is 282 g/mol. The first kappa shape index (κ1) is 16.3. The Labute approximate surface area is 122 Å². The summed E-state index contributed by atoms with van der Waals surface area (Å²) in [7, 11) is 0. The van der Waals surface area contributed by atoms with Crippen LogP contribution in [0.15, 0.2) is 18.2 Å². The van der Waals surface area contributed by atoms with Crippen LogP contribution in [0.2, 0.25) is 0 Å². The molecule has 0 amide bonds. The number of alkyl halides is 3. The van der Waals surface area contributed by atoms with Gasteiger partial charge in [0.05, 0.1) is 5.92 Å². The Kier molecular flexibility index (Phi) is 5.25. The fourth-order valence-corrected chi connectivity index (χ4v) is 2.98. The molecule has 1 aliphatic rings. The summed E-state index contributed by atoms with van der Waals surface area (Å²) in [4.78, 5) is 0. The van der Waals surface area contributed by atoms with Crippen LogP contribution in [0.25, 0.3) is 0 Å². The van der Waals surface area contributed by atoms with E-state index in [0.29, 0.717) is 19.4 Å². The van der Waals surface area contributed by atoms with Gasteiger partial charge in [-0.25, -0.2) is 4.39 Å². The van der Waals surface area contributed by atoms with Crippen LogP contribution in [0, 0.1) is 18.7 Å². The Morgan fingerprint density at radius 3 is 2.38 bits per heavy atom. The fraction of sp³-hybridized carbons (Fsp3) is 0.625. The average Bonchev–Trinajstić information content (AvgIpc) is 2.41. The molecule has 0 radical (unpaired) electrons. The third-order valence-corrected chi connectivity index (χ3v) is 4.32. The summed E-state index contributed by atoms with van der Waals surface area (Å²) in [5.41, 5.74) is 1.99. The van der Waals surface area contributed by atoms with Gasteiger partial charge in [-0.15, -0.1) is 0 Å². The van der Waals surface area contributed by atoms with Crippen molar-refractivity contribution in [3.63, 3.8) is 0 Å². The Balaban J connectivity index is 1.73. The SMILES string of the molecule is Cc1cc(F)ccc1CCNC1CCC(C(F)(F)F)CC1. The molecule has 2 rings (SSSR count). The van der Waals surface area contributed by atoms with E-state index in [0.717, 1.165) is 17.5 Å². The maximum absolute atomic E-state index is 13.0. The van der Waals surface area contributed by atoms with Gasteiger partial charge in [0.25, 0.3) is 0 Å². The average molecular weight is 303 g/mol. The maximum atomic E-state index is 13.0. The van der Waals surface area contributed by atoms with E-state index in [4.69, 9.17) is 0 Å². The smallest absolute Gasteiger partial charge is 0.314 e. The quantitative estimate of drug-likeness (QED) is 0.814. The zero-order chi connectivity index (χ0) is 15.5. The number of nitrogens with one attached hydrogen (secondary N) is 1. The number of hydrogen-bond donors (Lipinski definition) is 1. The van der Waals surface area contributed by atoms with Crippen molar-refractivity contribution < 1.29 is 17.6 Å². The lowest BCUT2D eigenvalue weighted by molar-refractivity contribution is -0.182. The zero-order valence-corrected chi connectivity index (χ0v) is 12.1. The Bertz CT molecular complexity index is 462. The molecule has 0 atom stereocenters. The molecule has 1 fully saturated rings. The van der Waals surface area contributed by atoms with Crippen LogP contribution >= 0.6 is 0 Å². The molecule has 0 aliphatic heterocycles. The lowest BCUT2D eigenvalue weighted by Crippen LogP contribution is -2.37. The highest BCUT2D eigenvalue weighted by Gasteiger charge is 2.41. The molecule has 0 heterocycles. The number of aryl methyl sites for hydroxylation is 1. The minimum Gasteiger partial charge on any atom is -0.314 e. The van der Waals surface area contributed by atoms with Crippen LogP contribution < -0.4 is 5.32 Å². The third kappa shape index (κ3) is 4.70. The van der Waals surface area contributed by atoms with Crippen LogP contribution in [-0.4, -0.2) is 18.8 Å². The molecule has 0 saturated heterocycles. The van der Waals surface area contributed by atoms with E-state index in [1.165, 1.54) is 12.1 Å². The van der Waals surface area contributed by atoms with Gasteiger partial charge in [-0.3, -0.25) is 0 Å². The van der Waals surface area contributed by atoms with E-state index >= 15 is 0 Å². The zero-order valence-electron chi connectivity index (χ0n) is 12.1. The second-order valence-corrected chi connectivity index (χ2v) is 5.87. The molecule has 1 aromatic carbocycles. The normalized spacial score (nSPS) is 23.3. The van der Waals surface area contributed by atoms with E-state index in [1.807, 2.05) is 6.92 Å². The number of hydrogen-bond acceptors (Lipinski definition) is 1. The van der Waals surface area contributed by atoms with Crippen molar-refractivity contribution in [3.05, 3.63) is 35.1 Å². The Hall–Kier alpha value is -1.10. The highest BCUT2D eigenvalue weighted by Crippen LogP contribution is 2.37. The van der Waals surface area contributed by atoms with Gasteiger partial charge in [0.1, 0.15) is 5.82 Å². The molecule has 1 aliphatic carbocycles. The molecule has 21 heavy (non-hydrogen) atoms. The monoisotopic (exact) mass is 303 g/mol. The summed E-state index contributed by atoms with van der Waals surface area (Å²) in [5.74, 6) is -1.37. The molecule has 0 unspecified atom stereocenters. The molecule has 1 saturated carbocycles. The van der Waals surface area contributed by atoms with Gasteiger partial charge in [-0.1, -0.05) is 6.07 Å². The summed E-state index contributed by atoms with van der Waals surface area (Å²) in [6.45, 7) is 2.58. The molecule has 0 bridgehead atoms. The van der Waals surface area contributed by atoms with Gasteiger partial charge in [-0.05, 0) is 68.8 Å². The van der Waals surface area contributed by atoms with Gasteiger partial charge in [0, 0.05) is 6.04 Å². The van der Waals surface area contributed by atoms with E-state index < -0.39 is 12.1 Å². The van der Waals surface area contributed by atoms with Gasteiger partial charge < -0.3 is 5.32 Å². The minimum absolute atomic E-state index is 0.171. The second-order valence-electron chi connectivity index (χ2n) is 5.87. The first-order valence-corrected chi connectivity index (χ1v) is 7.41. The maximum Gasteiger partial charge on any atom is 0.391 e. The molecule has 0 aromatic heterocycles. The standard InChI is InChI=1S/C16H21F4N/c1-11-10-14(17)5-2-12(11)8-9-21-15-6-3-13(4-7-15)16(18,19)20/h2,5,10,13,15,21H,3-4,6-9H2,1H3. The third-order valence-electron chi connectivity index (χ3n) is 4.32. The minimum atomic E-state index is -4.05. The van der Waals surface area contributed by atoms with Gasteiger partial charge in [0.15, 0.2) is 0 Å². The molecule has 0 spiro atoms. The van der Waals surface area contributed by atoms with Crippen LogP contribution in [0.4, 0.5) is 17.6 Å². The van der Waals surface area contributed by atoms with Crippen molar-refractivity contribution in [1.82, 2.24) is 5.32 Å². The molecule has 1 N–H and O–H groups in total. The van der Waals surface area contributed by atoms with Crippen molar-refractivity contribution in [2.45, 2.75) is 51.2 Å². The van der Waals surface area contributed by atoms with Gasteiger partial charge >= 0.3 is 6.18 Å². The fourth-order valence-electron chi connectivity index (χ4n) is 2.98. The van der Waals surface area contributed by atoms with Crippen molar-refractivity contribution in [3.8, 4) is 0 Å². The lowest BCUT2D eigenvalue weighted by atomic mass is 9.85. The van der Waals surface area contributed by atoms with E-state index in [1.54, 1.807) is 6.07 Å². The topological polar surface area (TPSA) is 12.0 Å². The first-order valence-electron chi connectivity index (χ1n) is 7.41. The summed E-state index contributed by atoms with van der Waals surface area (Å²) >= 11 is 0. The Morgan fingerprint density at radius 2 is 1.81 bits per heavy atom. The highest BCUT2D eigenvalue weighted by atomic mass is 19.4. The lowest BCUT2D eigenvalue weighted by Gasteiger charge is -2.30. The van der Waals surface area contributed by atoms with Crippen LogP contribution in [0.3, 0.4) is 0 Å². The summed E-state index contributed by atoms with van der Waals surface area (Å²) in [6.07, 6.45) is -1.69. The van der Waals surface area contributed by atoms with Crippen LogP contribution in [0.1, 0.15) is 36.8 Å². The Morgan fingerprint density at radius 1 is 1.14 bits per heavy atom. The first-order chi connectivity index (χ1) is 9.86. The van der Waals surface area contributed by atoms with Crippen molar-refractivity contribution >= 4 is 0 Å². The number of benzene rings is 1. The molecule has 5 heteroatoms. The number of rotatable bonds is 4. The van der Waals surface area contributed by atoms with Gasteiger partial charge in [-0.2, -0.15) is 13.2 Å². The van der Waals surface area contributed by atoms with Crippen LogP contribution in [-0.2, 0) is 6.42 Å². The van der Waals surface area contributed by atoms with E-state index in [9.17, 15) is 17.6 Å². The number of halogens is 4. The van der Waals surface area contributed by atoms with E-state index in [2.05, 4.69) is 5.32 Å². The molecule has 1 nitrogen and oxygen atoms in total. The summed E-state index contributed by atoms with van der Waals surface area (Å²) < 4.78 is 50.7. The molecule has 1 aromatic rings. The van der Waals surface area contributed by atoms with Gasteiger partial charge in [0.2, 0.25) is 0 Å². The predicted octanol–water partition coefficient (Wildman–Crippen LogP) is 4.39. The summed E-state index contributed by atoms with van der Waals surface area (Å²) in [6, 6.07) is 4.89. The molecule has 118 valence electrons. The predicted molar refractivity (Wildman–Crippen MR) is 74.6 cm³/mol. The van der Waals surface area contributed by atoms with Crippen molar-refractivity contribution in [1.29, 1.82) is 0 Å².